The van der Waals surface area contributed by atoms with Crippen molar-refractivity contribution < 1.29 is 24.2 Å². The van der Waals surface area contributed by atoms with Crippen molar-refractivity contribution in [2.24, 2.45) is 62.1 Å². The number of aliphatic hydroxyl groups excluding tert-OH is 1. The fraction of sp³-hybridized carbons (Fsp3) is 0.889. The molecule has 5 aliphatic carbocycles. The predicted octanol–water partition coefficient (Wildman–Crippen LogP) is 8.09. The summed E-state index contributed by atoms with van der Waals surface area (Å²) in [4.78, 5) is 26.4. The molecule has 0 aromatic heterocycles. The minimum absolute atomic E-state index is 0.0303. The van der Waals surface area contributed by atoms with Crippen LogP contribution < -0.4 is 0 Å². The molecule has 5 rings (SSSR count). The van der Waals surface area contributed by atoms with Crippen LogP contribution in [0.15, 0.2) is 11.6 Å². The van der Waals surface area contributed by atoms with Crippen LogP contribution in [0.25, 0.3) is 0 Å². The van der Waals surface area contributed by atoms with Gasteiger partial charge in [0.2, 0.25) is 6.79 Å². The zero-order chi connectivity index (χ0) is 30.4. The highest BCUT2D eigenvalue weighted by Gasteiger charge is 2.69. The third-order valence-electron chi connectivity index (χ3n) is 14.4. The van der Waals surface area contributed by atoms with Crippen molar-refractivity contribution >= 4 is 11.9 Å². The van der Waals surface area contributed by atoms with E-state index in [1.54, 1.807) is 0 Å². The maximum Gasteiger partial charge on any atom is 0.315 e. The van der Waals surface area contributed by atoms with Gasteiger partial charge in [0.1, 0.15) is 0 Å². The average Bonchev–Trinajstić information content (AvgIpc) is 2.88. The first kappa shape index (κ1) is 31.1. The Balaban J connectivity index is 1.49. The van der Waals surface area contributed by atoms with Crippen LogP contribution in [0.3, 0.4) is 0 Å². The molecule has 41 heavy (non-hydrogen) atoms. The lowest BCUT2D eigenvalue weighted by atomic mass is 9.33. The lowest BCUT2D eigenvalue weighted by Crippen LogP contribution is -2.65. The van der Waals surface area contributed by atoms with Gasteiger partial charge in [-0.05, 0) is 130 Å². The van der Waals surface area contributed by atoms with E-state index < -0.39 is 10.8 Å². The molecule has 0 spiro atoms. The Bertz CT molecular complexity index is 1100. The van der Waals surface area contributed by atoms with Gasteiger partial charge < -0.3 is 14.6 Å². The van der Waals surface area contributed by atoms with Gasteiger partial charge in [0.15, 0.2) is 0 Å². The first-order chi connectivity index (χ1) is 18.9. The molecule has 0 aromatic rings. The molecular formula is C36H58O5. The molecule has 10 atom stereocenters. The molecule has 5 aliphatic rings. The molecule has 5 heteroatoms. The number of hydrogen-bond acceptors (Lipinski definition) is 5. The van der Waals surface area contributed by atoms with Crippen molar-refractivity contribution in [2.45, 2.75) is 133 Å². The van der Waals surface area contributed by atoms with Crippen LogP contribution in [-0.4, -0.2) is 29.9 Å². The van der Waals surface area contributed by atoms with Gasteiger partial charge in [0.05, 0.1) is 16.9 Å². The quantitative estimate of drug-likeness (QED) is 0.211. The Morgan fingerprint density at radius 2 is 1.59 bits per heavy atom. The normalized spacial score (nSPS) is 47.0. The Labute approximate surface area is 249 Å². The monoisotopic (exact) mass is 570 g/mol. The Hall–Kier alpha value is -1.36. The third-order valence-corrected chi connectivity index (χ3v) is 14.4. The number of esters is 2. The zero-order valence-corrected chi connectivity index (χ0v) is 27.7. The maximum absolute atomic E-state index is 14.1. The van der Waals surface area contributed by atoms with Crippen LogP contribution in [0.2, 0.25) is 0 Å². The molecule has 0 unspecified atom stereocenters. The zero-order valence-electron chi connectivity index (χ0n) is 27.7. The van der Waals surface area contributed by atoms with Crippen LogP contribution in [-0.2, 0) is 19.1 Å². The van der Waals surface area contributed by atoms with Crippen molar-refractivity contribution in [1.29, 1.82) is 0 Å². The molecular weight excluding hydrogens is 512 g/mol. The molecule has 0 aromatic carbocycles. The maximum atomic E-state index is 14.1. The molecule has 0 saturated heterocycles. The second kappa shape index (κ2) is 9.83. The van der Waals surface area contributed by atoms with Crippen LogP contribution in [0, 0.1) is 62.1 Å². The number of hydrogen-bond donors (Lipinski definition) is 1. The van der Waals surface area contributed by atoms with Crippen LogP contribution in [0.5, 0.6) is 0 Å². The number of carbonyl (C=O) groups excluding carboxylic acids is 2. The molecule has 4 saturated carbocycles. The van der Waals surface area contributed by atoms with Gasteiger partial charge >= 0.3 is 11.9 Å². The lowest BCUT2D eigenvalue weighted by Gasteiger charge is -2.71. The number of allylic oxidation sites excluding steroid dienone is 2. The molecule has 232 valence electrons. The van der Waals surface area contributed by atoms with Crippen molar-refractivity contribution in [3.8, 4) is 0 Å². The van der Waals surface area contributed by atoms with E-state index in [0.717, 1.165) is 44.9 Å². The summed E-state index contributed by atoms with van der Waals surface area (Å²) in [5, 5.41) is 11.0. The Morgan fingerprint density at radius 3 is 2.24 bits per heavy atom. The number of aliphatic hydroxyl groups is 1. The van der Waals surface area contributed by atoms with Gasteiger partial charge in [0, 0.05) is 0 Å². The minimum Gasteiger partial charge on any atom is -0.427 e. The van der Waals surface area contributed by atoms with Gasteiger partial charge in [-0.3, -0.25) is 9.59 Å². The molecule has 0 aliphatic heterocycles. The number of carbonyl (C=O) groups is 2. The smallest absolute Gasteiger partial charge is 0.315 e. The molecule has 1 N–H and O–H groups in total. The first-order valence-electron chi connectivity index (χ1n) is 16.6. The van der Waals surface area contributed by atoms with E-state index >= 15 is 0 Å². The summed E-state index contributed by atoms with van der Waals surface area (Å²) in [5.74, 6) is 1.66. The van der Waals surface area contributed by atoms with Gasteiger partial charge in [0.25, 0.3) is 0 Å². The summed E-state index contributed by atoms with van der Waals surface area (Å²) >= 11 is 0. The largest absolute Gasteiger partial charge is 0.427 e. The summed E-state index contributed by atoms with van der Waals surface area (Å²) in [6.07, 6.45) is 11.5. The fourth-order valence-electron chi connectivity index (χ4n) is 11.3. The van der Waals surface area contributed by atoms with Gasteiger partial charge in [-0.25, -0.2) is 0 Å². The highest BCUT2D eigenvalue weighted by Crippen LogP contribution is 2.75. The summed E-state index contributed by atoms with van der Waals surface area (Å²) in [7, 11) is 0. The van der Waals surface area contributed by atoms with Crippen molar-refractivity contribution in [3.05, 3.63) is 11.6 Å². The van der Waals surface area contributed by atoms with Gasteiger partial charge in [-0.1, -0.05) is 60.1 Å². The van der Waals surface area contributed by atoms with E-state index in [1.165, 1.54) is 18.4 Å². The lowest BCUT2D eigenvalue weighted by molar-refractivity contribution is -0.210. The number of rotatable bonds is 3. The summed E-state index contributed by atoms with van der Waals surface area (Å²) in [5.41, 5.74) is 0.663. The standard InChI is InChI=1S/C36H58O5/c1-22-13-18-36(30(39)41-21-40-29(38)31(3,4)5)20-19-34(9)24(28(36)23(22)2)11-12-26-33(8)16-15-27(37)32(6,7)25(33)14-17-35(26,34)10/h11,22-23,25-28,37H,12-21H2,1-10H3/t22-,23+,25+,26-,27+,28+,33+,34-,35-,36+/m1/s1. The average molecular weight is 571 g/mol. The minimum atomic E-state index is -0.630. The summed E-state index contributed by atoms with van der Waals surface area (Å²) in [6, 6.07) is 0. The second-order valence-corrected chi connectivity index (χ2v) is 17.4. The molecule has 0 bridgehead atoms. The molecule has 4 fully saturated rings. The van der Waals surface area contributed by atoms with Crippen LogP contribution >= 0.6 is 0 Å². The van der Waals surface area contributed by atoms with E-state index in [2.05, 4.69) is 54.5 Å². The predicted molar refractivity (Wildman–Crippen MR) is 161 cm³/mol. The molecule has 5 nitrogen and oxygen atoms in total. The Kier molecular flexibility index (Phi) is 7.45. The molecule has 0 amide bonds. The van der Waals surface area contributed by atoms with Gasteiger partial charge in [-0.15, -0.1) is 0 Å². The summed E-state index contributed by atoms with van der Waals surface area (Å²) in [6.45, 7) is 22.1. The first-order valence-corrected chi connectivity index (χ1v) is 16.6. The number of fused-ring (bicyclic) bond motifs is 7. The summed E-state index contributed by atoms with van der Waals surface area (Å²) < 4.78 is 11.2. The SMILES string of the molecule is C[C@H]1[C@H](C)CC[C@]2(C(=O)OCOC(=O)C(C)(C)C)CC[C@]3(C)C(=CC[C@@H]4[C@@]5(C)CC[C@H](O)C(C)(C)[C@@H]5CC[C@]43C)[C@H]12. The second-order valence-electron chi connectivity index (χ2n) is 17.4. The van der Waals surface area contributed by atoms with E-state index in [1.807, 2.05) is 20.8 Å². The van der Waals surface area contributed by atoms with E-state index in [0.29, 0.717) is 23.7 Å². The van der Waals surface area contributed by atoms with E-state index in [4.69, 9.17) is 9.47 Å². The number of ether oxygens (including phenoxy) is 2. The molecule has 0 radical (unpaired) electrons. The van der Waals surface area contributed by atoms with Crippen molar-refractivity contribution in [1.82, 2.24) is 0 Å². The Morgan fingerprint density at radius 1 is 0.902 bits per heavy atom. The third kappa shape index (κ3) is 4.32. The van der Waals surface area contributed by atoms with Crippen molar-refractivity contribution in [2.75, 3.05) is 6.79 Å². The van der Waals surface area contributed by atoms with Crippen LogP contribution in [0.1, 0.15) is 127 Å². The van der Waals surface area contributed by atoms with E-state index in [-0.39, 0.29) is 52.4 Å². The fourth-order valence-corrected chi connectivity index (χ4v) is 11.3. The molecule has 0 heterocycles. The van der Waals surface area contributed by atoms with Crippen LogP contribution in [0.4, 0.5) is 0 Å². The highest BCUT2D eigenvalue weighted by atomic mass is 16.7. The van der Waals surface area contributed by atoms with E-state index in [9.17, 15) is 14.7 Å². The van der Waals surface area contributed by atoms with Crippen molar-refractivity contribution in [3.63, 3.8) is 0 Å². The highest BCUT2D eigenvalue weighted by molar-refractivity contribution is 5.79. The topological polar surface area (TPSA) is 72.8 Å². The van der Waals surface area contributed by atoms with Gasteiger partial charge in [-0.2, -0.15) is 0 Å².